The lowest BCUT2D eigenvalue weighted by Crippen LogP contribution is -2.38. The Balaban J connectivity index is 2.24. The minimum atomic E-state index is -3.43. The largest absolute Gasteiger partial charge is 0.370 e. The third kappa shape index (κ3) is 3.74. The topological polar surface area (TPSA) is 62.3 Å². The maximum absolute atomic E-state index is 12.8. The summed E-state index contributed by atoms with van der Waals surface area (Å²) in [4.78, 5) is 4.52. The molecule has 0 spiro atoms. The second-order valence-electron chi connectivity index (χ2n) is 5.45. The molecule has 1 aliphatic carbocycles. The first-order valence-electron chi connectivity index (χ1n) is 7.81. The van der Waals surface area contributed by atoms with Crippen LogP contribution < -0.4 is 5.32 Å². The molecule has 118 valence electrons. The number of pyridine rings is 1. The van der Waals surface area contributed by atoms with Gasteiger partial charge in [-0.15, -0.1) is 0 Å². The fourth-order valence-electron chi connectivity index (χ4n) is 2.87. The Morgan fingerprint density at radius 3 is 2.67 bits per heavy atom. The molecule has 1 heterocycles. The van der Waals surface area contributed by atoms with E-state index in [1.165, 1.54) is 0 Å². The predicted octanol–water partition coefficient (Wildman–Crippen LogP) is 2.86. The van der Waals surface area contributed by atoms with Crippen molar-refractivity contribution in [3.8, 4) is 0 Å². The molecule has 0 atom stereocenters. The standard InChI is InChI=1S/C15H25N3O2S/c1-3-10-16-15-12-14(9-11-17-15)21(19,20)18(4-2)13-7-5-6-8-13/h9,11-13H,3-8,10H2,1-2H3,(H,16,17). The molecule has 0 bridgehead atoms. The minimum Gasteiger partial charge on any atom is -0.370 e. The van der Waals surface area contributed by atoms with Gasteiger partial charge in [0.1, 0.15) is 5.82 Å². The van der Waals surface area contributed by atoms with Gasteiger partial charge in [0.2, 0.25) is 10.0 Å². The summed E-state index contributed by atoms with van der Waals surface area (Å²) in [6, 6.07) is 3.38. The summed E-state index contributed by atoms with van der Waals surface area (Å²) in [5.74, 6) is 0.625. The van der Waals surface area contributed by atoms with Crippen molar-refractivity contribution in [2.24, 2.45) is 0 Å². The average molecular weight is 311 g/mol. The fraction of sp³-hybridized carbons (Fsp3) is 0.667. The molecule has 1 fully saturated rings. The van der Waals surface area contributed by atoms with Crippen molar-refractivity contribution in [2.45, 2.75) is 56.9 Å². The second kappa shape index (κ2) is 7.22. The molecule has 1 aliphatic rings. The van der Waals surface area contributed by atoms with E-state index >= 15 is 0 Å². The molecule has 21 heavy (non-hydrogen) atoms. The Labute approximate surface area is 127 Å². The van der Waals surface area contributed by atoms with Crippen molar-refractivity contribution >= 4 is 15.8 Å². The predicted molar refractivity (Wildman–Crippen MR) is 84.8 cm³/mol. The molecule has 1 aromatic rings. The smallest absolute Gasteiger partial charge is 0.243 e. The van der Waals surface area contributed by atoms with Gasteiger partial charge in [-0.05, 0) is 25.3 Å². The van der Waals surface area contributed by atoms with E-state index in [1.54, 1.807) is 22.6 Å². The van der Waals surface area contributed by atoms with Crippen LogP contribution >= 0.6 is 0 Å². The van der Waals surface area contributed by atoms with E-state index in [4.69, 9.17) is 0 Å². The van der Waals surface area contributed by atoms with Crippen molar-refractivity contribution in [1.82, 2.24) is 9.29 Å². The third-order valence-electron chi connectivity index (χ3n) is 3.94. The summed E-state index contributed by atoms with van der Waals surface area (Å²) in [6.45, 7) is 5.28. The van der Waals surface area contributed by atoms with Gasteiger partial charge < -0.3 is 5.32 Å². The molecule has 0 amide bonds. The van der Waals surface area contributed by atoms with Crippen molar-refractivity contribution in [2.75, 3.05) is 18.4 Å². The molecule has 5 nitrogen and oxygen atoms in total. The van der Waals surface area contributed by atoms with Gasteiger partial charge in [0.05, 0.1) is 4.90 Å². The van der Waals surface area contributed by atoms with Gasteiger partial charge in [-0.1, -0.05) is 26.7 Å². The molecular weight excluding hydrogens is 286 g/mol. The van der Waals surface area contributed by atoms with Crippen LogP contribution in [-0.4, -0.2) is 36.8 Å². The van der Waals surface area contributed by atoms with E-state index in [-0.39, 0.29) is 6.04 Å². The molecule has 0 radical (unpaired) electrons. The van der Waals surface area contributed by atoms with Crippen LogP contribution in [0.25, 0.3) is 0 Å². The zero-order valence-electron chi connectivity index (χ0n) is 12.9. The first-order valence-corrected chi connectivity index (χ1v) is 9.25. The van der Waals surface area contributed by atoms with Crippen molar-refractivity contribution < 1.29 is 8.42 Å². The SMILES string of the molecule is CCCNc1cc(S(=O)(=O)N(CC)C2CCCC2)ccn1. The van der Waals surface area contributed by atoms with Gasteiger partial charge >= 0.3 is 0 Å². The Hall–Kier alpha value is -1.14. The zero-order valence-corrected chi connectivity index (χ0v) is 13.7. The van der Waals surface area contributed by atoms with Gasteiger partial charge in [0.25, 0.3) is 0 Å². The normalized spacial score (nSPS) is 16.5. The highest BCUT2D eigenvalue weighted by atomic mass is 32.2. The summed E-state index contributed by atoms with van der Waals surface area (Å²) in [6.07, 6.45) is 6.72. The van der Waals surface area contributed by atoms with Crippen LogP contribution in [-0.2, 0) is 10.0 Å². The third-order valence-corrected chi connectivity index (χ3v) is 5.96. The molecule has 0 aliphatic heterocycles. The molecule has 1 saturated carbocycles. The molecule has 6 heteroatoms. The van der Waals surface area contributed by atoms with Crippen LogP contribution in [0.15, 0.2) is 23.2 Å². The van der Waals surface area contributed by atoms with E-state index < -0.39 is 10.0 Å². The Morgan fingerprint density at radius 2 is 2.05 bits per heavy atom. The number of nitrogens with zero attached hydrogens (tertiary/aromatic N) is 2. The molecule has 0 unspecified atom stereocenters. The molecule has 0 aromatic carbocycles. The highest BCUT2D eigenvalue weighted by Gasteiger charge is 2.32. The maximum atomic E-state index is 12.8. The number of aromatic nitrogens is 1. The quantitative estimate of drug-likeness (QED) is 0.841. The number of anilines is 1. The number of nitrogens with one attached hydrogen (secondary N) is 1. The van der Waals surface area contributed by atoms with E-state index in [2.05, 4.69) is 17.2 Å². The van der Waals surface area contributed by atoms with Gasteiger partial charge in [-0.25, -0.2) is 13.4 Å². The summed E-state index contributed by atoms with van der Waals surface area (Å²) >= 11 is 0. The first-order chi connectivity index (χ1) is 10.1. The lowest BCUT2D eigenvalue weighted by molar-refractivity contribution is 0.335. The minimum absolute atomic E-state index is 0.153. The van der Waals surface area contributed by atoms with E-state index in [0.29, 0.717) is 17.3 Å². The summed E-state index contributed by atoms with van der Waals surface area (Å²) < 4.78 is 27.3. The summed E-state index contributed by atoms with van der Waals surface area (Å²) in [5.41, 5.74) is 0. The monoisotopic (exact) mass is 311 g/mol. The molecule has 2 rings (SSSR count). The molecular formula is C15H25N3O2S. The van der Waals surface area contributed by atoms with Gasteiger partial charge in [0.15, 0.2) is 0 Å². The van der Waals surface area contributed by atoms with E-state index in [0.717, 1.165) is 38.6 Å². The van der Waals surface area contributed by atoms with E-state index in [9.17, 15) is 8.42 Å². The first kappa shape index (κ1) is 16.2. The number of hydrogen-bond acceptors (Lipinski definition) is 4. The molecule has 1 N–H and O–H groups in total. The van der Waals surface area contributed by atoms with Crippen LogP contribution in [0, 0.1) is 0 Å². The second-order valence-corrected chi connectivity index (χ2v) is 7.34. The van der Waals surface area contributed by atoms with Gasteiger partial charge in [-0.3, -0.25) is 0 Å². The van der Waals surface area contributed by atoms with Crippen LogP contribution in [0.4, 0.5) is 5.82 Å². The molecule has 1 aromatic heterocycles. The Bertz CT molecular complexity index is 554. The Kier molecular flexibility index (Phi) is 5.58. The highest BCUT2D eigenvalue weighted by Crippen LogP contribution is 2.28. The van der Waals surface area contributed by atoms with Crippen molar-refractivity contribution in [1.29, 1.82) is 0 Å². The van der Waals surface area contributed by atoms with Crippen LogP contribution in [0.3, 0.4) is 0 Å². The highest BCUT2D eigenvalue weighted by molar-refractivity contribution is 7.89. The van der Waals surface area contributed by atoms with Crippen molar-refractivity contribution in [3.63, 3.8) is 0 Å². The van der Waals surface area contributed by atoms with Crippen molar-refractivity contribution in [3.05, 3.63) is 18.3 Å². The van der Waals surface area contributed by atoms with Gasteiger partial charge in [-0.2, -0.15) is 4.31 Å². The average Bonchev–Trinajstić information content (AvgIpc) is 3.00. The summed E-state index contributed by atoms with van der Waals surface area (Å²) in [5, 5.41) is 3.14. The van der Waals surface area contributed by atoms with Gasteiger partial charge in [0, 0.05) is 31.4 Å². The number of rotatable bonds is 7. The number of hydrogen-bond donors (Lipinski definition) is 1. The lowest BCUT2D eigenvalue weighted by atomic mass is 10.2. The molecule has 0 saturated heterocycles. The fourth-order valence-corrected chi connectivity index (χ4v) is 4.58. The lowest BCUT2D eigenvalue weighted by Gasteiger charge is -2.26. The maximum Gasteiger partial charge on any atom is 0.243 e. The van der Waals surface area contributed by atoms with Crippen LogP contribution in [0.1, 0.15) is 46.0 Å². The zero-order chi connectivity index (χ0) is 15.3. The van der Waals surface area contributed by atoms with E-state index in [1.807, 2.05) is 6.92 Å². The van der Waals surface area contributed by atoms with Crippen LogP contribution in [0.5, 0.6) is 0 Å². The Morgan fingerprint density at radius 1 is 1.33 bits per heavy atom. The number of sulfonamides is 1. The van der Waals surface area contributed by atoms with Crippen LogP contribution in [0.2, 0.25) is 0 Å². The summed E-state index contributed by atoms with van der Waals surface area (Å²) in [7, 11) is -3.43.